The summed E-state index contributed by atoms with van der Waals surface area (Å²) in [6, 6.07) is 16.5. The Labute approximate surface area is 253 Å². The fraction of sp³-hybridized carbons (Fsp3) is 0.265. The number of fused-ring (bicyclic) bond motifs is 2. The predicted octanol–water partition coefficient (Wildman–Crippen LogP) is 5.31. The van der Waals surface area contributed by atoms with Gasteiger partial charge in [0, 0.05) is 5.56 Å². The topological polar surface area (TPSA) is 88.3 Å². The van der Waals surface area contributed by atoms with Gasteiger partial charge in [-0.2, -0.15) is 0 Å². The highest BCUT2D eigenvalue weighted by atomic mass is 32.1. The van der Waals surface area contributed by atoms with E-state index in [9.17, 15) is 9.59 Å². The SMILES string of the molecule is C=CCOc1ccc2ccccc2c1/C=c1/sc2n(c1=O)[C@H](c1ccc(OC(C)C)c(OC)c1)C(C(=O)OCC)=C(C)N=2. The summed E-state index contributed by atoms with van der Waals surface area (Å²) in [5, 5.41) is 1.96. The molecule has 0 spiro atoms. The van der Waals surface area contributed by atoms with Crippen molar-refractivity contribution in [2.24, 2.45) is 4.99 Å². The van der Waals surface area contributed by atoms with Gasteiger partial charge in [0.15, 0.2) is 16.3 Å². The Morgan fingerprint density at radius 2 is 1.88 bits per heavy atom. The predicted molar refractivity (Wildman–Crippen MR) is 169 cm³/mol. The molecule has 0 saturated carbocycles. The zero-order chi connectivity index (χ0) is 30.7. The summed E-state index contributed by atoms with van der Waals surface area (Å²) in [5.41, 5.74) is 1.93. The molecule has 3 aromatic carbocycles. The van der Waals surface area contributed by atoms with Crippen LogP contribution in [0, 0.1) is 0 Å². The monoisotopic (exact) mass is 598 g/mol. The van der Waals surface area contributed by atoms with Gasteiger partial charge in [0.2, 0.25) is 0 Å². The number of aromatic nitrogens is 1. The first-order valence-electron chi connectivity index (χ1n) is 14.1. The van der Waals surface area contributed by atoms with E-state index in [2.05, 4.69) is 6.58 Å². The molecule has 1 aliphatic rings. The number of nitrogens with zero attached hydrogens (tertiary/aromatic N) is 2. The molecule has 0 unspecified atom stereocenters. The van der Waals surface area contributed by atoms with Crippen molar-refractivity contribution >= 4 is 34.2 Å². The van der Waals surface area contributed by atoms with E-state index in [1.807, 2.05) is 62.4 Å². The third-order valence-electron chi connectivity index (χ3n) is 6.95. The van der Waals surface area contributed by atoms with E-state index in [1.165, 1.54) is 11.3 Å². The molecule has 1 atom stereocenters. The van der Waals surface area contributed by atoms with Gasteiger partial charge in [0.05, 0.1) is 41.7 Å². The first-order valence-corrected chi connectivity index (χ1v) is 14.9. The molecule has 8 nitrogen and oxygen atoms in total. The third kappa shape index (κ3) is 5.85. The third-order valence-corrected chi connectivity index (χ3v) is 7.93. The van der Waals surface area contributed by atoms with Crippen molar-refractivity contribution in [2.45, 2.75) is 39.8 Å². The molecule has 0 amide bonds. The highest BCUT2D eigenvalue weighted by Gasteiger charge is 2.34. The maximum atomic E-state index is 14.3. The standard InChI is InChI=1S/C34H34N2O6S/c1-7-17-41-26-15-13-22-11-9-10-12-24(22)25(26)19-29-32(37)36-31(23-14-16-27(42-20(3)4)28(18-23)39-6)30(33(38)40-8-2)21(5)35-34(36)43-29/h7,9-16,18-20,31H,1,8,17H2,2-6H3/b29-19+/t31-/m1/s1. The molecule has 2 heterocycles. The first-order chi connectivity index (χ1) is 20.8. The van der Waals surface area contributed by atoms with Gasteiger partial charge in [0.1, 0.15) is 12.4 Å². The van der Waals surface area contributed by atoms with Crippen LogP contribution in [0.25, 0.3) is 16.8 Å². The second kappa shape index (κ2) is 12.7. The van der Waals surface area contributed by atoms with Gasteiger partial charge in [-0.05, 0) is 68.3 Å². The first kappa shape index (κ1) is 29.8. The lowest BCUT2D eigenvalue weighted by atomic mass is 9.95. The smallest absolute Gasteiger partial charge is 0.338 e. The second-order valence-corrected chi connectivity index (χ2v) is 11.2. The van der Waals surface area contributed by atoms with Gasteiger partial charge in [0.25, 0.3) is 5.56 Å². The fourth-order valence-electron chi connectivity index (χ4n) is 5.14. The average molecular weight is 599 g/mol. The molecule has 4 aromatic rings. The van der Waals surface area contributed by atoms with Crippen LogP contribution in [0.3, 0.4) is 0 Å². The number of methoxy groups -OCH3 is 1. The molecule has 9 heteroatoms. The molecular formula is C34H34N2O6S. The molecule has 0 N–H and O–H groups in total. The number of carbonyl (C=O) groups excluding carboxylic acids is 1. The van der Waals surface area contributed by atoms with Gasteiger partial charge in [-0.1, -0.05) is 60.4 Å². The average Bonchev–Trinajstić information content (AvgIpc) is 3.29. The van der Waals surface area contributed by atoms with Gasteiger partial charge in [-0.15, -0.1) is 0 Å². The Balaban J connectivity index is 1.75. The molecule has 0 saturated heterocycles. The molecule has 0 fully saturated rings. The molecule has 0 radical (unpaired) electrons. The van der Waals surface area contributed by atoms with Crippen LogP contribution in [-0.4, -0.2) is 37.0 Å². The summed E-state index contributed by atoms with van der Waals surface area (Å²) < 4.78 is 25.0. The molecule has 0 bridgehead atoms. The van der Waals surface area contributed by atoms with Crippen LogP contribution >= 0.6 is 11.3 Å². The number of hydrogen-bond donors (Lipinski definition) is 0. The minimum Gasteiger partial charge on any atom is -0.493 e. The molecule has 5 rings (SSSR count). The van der Waals surface area contributed by atoms with Gasteiger partial charge >= 0.3 is 5.97 Å². The molecule has 0 aliphatic carbocycles. The van der Waals surface area contributed by atoms with Crippen LogP contribution in [-0.2, 0) is 9.53 Å². The lowest BCUT2D eigenvalue weighted by molar-refractivity contribution is -0.139. The lowest BCUT2D eigenvalue weighted by Gasteiger charge is -2.25. The number of rotatable bonds is 10. The Kier molecular flexibility index (Phi) is 8.82. The van der Waals surface area contributed by atoms with E-state index in [-0.39, 0.29) is 18.3 Å². The highest BCUT2D eigenvalue weighted by molar-refractivity contribution is 7.07. The van der Waals surface area contributed by atoms with E-state index < -0.39 is 12.0 Å². The van der Waals surface area contributed by atoms with E-state index in [4.69, 9.17) is 23.9 Å². The number of thiazole rings is 1. The van der Waals surface area contributed by atoms with E-state index in [0.717, 1.165) is 16.3 Å². The number of ether oxygens (including phenoxy) is 4. The zero-order valence-electron chi connectivity index (χ0n) is 24.9. The summed E-state index contributed by atoms with van der Waals surface area (Å²) in [7, 11) is 1.56. The molecular weight excluding hydrogens is 564 g/mol. The maximum absolute atomic E-state index is 14.3. The van der Waals surface area contributed by atoms with Gasteiger partial charge < -0.3 is 18.9 Å². The van der Waals surface area contributed by atoms with Crippen molar-refractivity contribution < 1.29 is 23.7 Å². The van der Waals surface area contributed by atoms with E-state index in [0.29, 0.717) is 50.0 Å². The minimum absolute atomic E-state index is 0.0657. The van der Waals surface area contributed by atoms with Crippen LogP contribution in [0.5, 0.6) is 17.2 Å². The zero-order valence-corrected chi connectivity index (χ0v) is 25.7. The molecule has 1 aliphatic heterocycles. The molecule has 43 heavy (non-hydrogen) atoms. The van der Waals surface area contributed by atoms with Crippen molar-refractivity contribution in [1.82, 2.24) is 4.57 Å². The van der Waals surface area contributed by atoms with Crippen LogP contribution in [0.15, 0.2) is 88.3 Å². The summed E-state index contributed by atoms with van der Waals surface area (Å²) in [6.07, 6.45) is 3.45. The maximum Gasteiger partial charge on any atom is 0.338 e. The lowest BCUT2D eigenvalue weighted by Crippen LogP contribution is -2.40. The number of carbonyl (C=O) groups is 1. The molecule has 1 aromatic heterocycles. The minimum atomic E-state index is -0.788. The Hall–Kier alpha value is -4.63. The van der Waals surface area contributed by atoms with Crippen molar-refractivity contribution in [1.29, 1.82) is 0 Å². The summed E-state index contributed by atoms with van der Waals surface area (Å²) in [5.74, 6) is 1.16. The number of esters is 1. The van der Waals surface area contributed by atoms with E-state index in [1.54, 1.807) is 43.7 Å². The Morgan fingerprint density at radius 3 is 2.60 bits per heavy atom. The van der Waals surface area contributed by atoms with Crippen LogP contribution in [0.1, 0.15) is 44.9 Å². The Morgan fingerprint density at radius 1 is 1.12 bits per heavy atom. The summed E-state index contributed by atoms with van der Waals surface area (Å²) in [4.78, 5) is 32.8. The molecule has 222 valence electrons. The normalized spacial score (nSPS) is 14.8. The fourth-order valence-corrected chi connectivity index (χ4v) is 6.17. The Bertz CT molecular complexity index is 1920. The van der Waals surface area contributed by atoms with Crippen molar-refractivity contribution in [3.05, 3.63) is 109 Å². The van der Waals surface area contributed by atoms with E-state index >= 15 is 0 Å². The number of benzene rings is 3. The highest BCUT2D eigenvalue weighted by Crippen LogP contribution is 2.37. The summed E-state index contributed by atoms with van der Waals surface area (Å²) >= 11 is 1.26. The van der Waals surface area contributed by atoms with Crippen LogP contribution < -0.4 is 29.1 Å². The van der Waals surface area contributed by atoms with Crippen LogP contribution in [0.4, 0.5) is 0 Å². The van der Waals surface area contributed by atoms with Crippen LogP contribution in [0.2, 0.25) is 0 Å². The summed E-state index contributed by atoms with van der Waals surface area (Å²) in [6.45, 7) is 11.6. The largest absolute Gasteiger partial charge is 0.493 e. The van der Waals surface area contributed by atoms with Gasteiger partial charge in [-0.25, -0.2) is 9.79 Å². The second-order valence-electron chi connectivity index (χ2n) is 10.2. The van der Waals surface area contributed by atoms with Crippen molar-refractivity contribution in [2.75, 3.05) is 20.3 Å². The number of hydrogen-bond acceptors (Lipinski definition) is 8. The van der Waals surface area contributed by atoms with Crippen molar-refractivity contribution in [3.63, 3.8) is 0 Å². The number of allylic oxidation sites excluding steroid dienone is 1. The quantitative estimate of drug-likeness (QED) is 0.182. The van der Waals surface area contributed by atoms with Crippen molar-refractivity contribution in [3.8, 4) is 17.2 Å². The van der Waals surface area contributed by atoms with Gasteiger partial charge in [-0.3, -0.25) is 9.36 Å².